The van der Waals surface area contributed by atoms with E-state index in [0.29, 0.717) is 10.0 Å². The van der Waals surface area contributed by atoms with Crippen LogP contribution in [0.15, 0.2) is 42.5 Å². The average Bonchev–Trinajstić information content (AvgIpc) is 2.41. The standard InChI is InChI=1S/C14H13Cl2IN2/c15-12-6-3-10(8-13(12)16)14(19-18)7-9-1-4-11(17)5-2-9/h1-6,8,14,19H,7,18H2. The molecule has 0 heterocycles. The summed E-state index contributed by atoms with van der Waals surface area (Å²) in [4.78, 5) is 0. The molecular weight excluding hydrogens is 394 g/mol. The smallest absolute Gasteiger partial charge is 0.0595 e. The molecule has 0 saturated carbocycles. The molecule has 0 aromatic heterocycles. The molecular formula is C14H13Cl2IN2. The Labute approximate surface area is 136 Å². The summed E-state index contributed by atoms with van der Waals surface area (Å²) >= 11 is 14.2. The second-order valence-corrected chi connectivity index (χ2v) is 6.28. The van der Waals surface area contributed by atoms with Crippen molar-refractivity contribution in [1.29, 1.82) is 0 Å². The first-order valence-corrected chi connectivity index (χ1v) is 7.59. The number of rotatable bonds is 4. The normalized spacial score (nSPS) is 12.4. The number of nitrogens with two attached hydrogens (primary N) is 1. The summed E-state index contributed by atoms with van der Waals surface area (Å²) in [6.07, 6.45) is 0.797. The van der Waals surface area contributed by atoms with Gasteiger partial charge in [0.25, 0.3) is 0 Å². The van der Waals surface area contributed by atoms with Gasteiger partial charge in [0, 0.05) is 3.57 Å². The quantitative estimate of drug-likeness (QED) is 0.450. The first-order valence-electron chi connectivity index (χ1n) is 5.75. The molecule has 0 fully saturated rings. The van der Waals surface area contributed by atoms with Gasteiger partial charge in [0.1, 0.15) is 0 Å². The fourth-order valence-electron chi connectivity index (χ4n) is 1.86. The Kier molecular flexibility index (Phi) is 5.47. The maximum absolute atomic E-state index is 6.04. The summed E-state index contributed by atoms with van der Waals surface area (Å²) in [5, 5.41) is 1.09. The molecule has 2 aromatic carbocycles. The highest BCUT2D eigenvalue weighted by Gasteiger charge is 2.12. The molecule has 100 valence electrons. The van der Waals surface area contributed by atoms with Gasteiger partial charge in [-0.25, -0.2) is 0 Å². The predicted molar refractivity (Wildman–Crippen MR) is 89.4 cm³/mol. The molecule has 0 spiro atoms. The summed E-state index contributed by atoms with van der Waals surface area (Å²) < 4.78 is 1.22. The van der Waals surface area contributed by atoms with Crippen LogP contribution in [0.2, 0.25) is 10.0 Å². The Balaban J connectivity index is 2.19. The molecule has 5 heteroatoms. The molecule has 0 aliphatic heterocycles. The first kappa shape index (κ1) is 15.1. The summed E-state index contributed by atoms with van der Waals surface area (Å²) in [5.74, 6) is 5.64. The van der Waals surface area contributed by atoms with Crippen molar-refractivity contribution in [1.82, 2.24) is 5.43 Å². The molecule has 0 aliphatic carbocycles. The van der Waals surface area contributed by atoms with E-state index in [1.807, 2.05) is 12.1 Å². The summed E-state index contributed by atoms with van der Waals surface area (Å²) in [5.41, 5.74) is 5.07. The van der Waals surface area contributed by atoms with Gasteiger partial charge in [-0.3, -0.25) is 11.3 Å². The second kappa shape index (κ2) is 6.90. The number of hydrogen-bond acceptors (Lipinski definition) is 2. The van der Waals surface area contributed by atoms with E-state index in [1.54, 1.807) is 6.07 Å². The Bertz CT molecular complexity index is 558. The maximum Gasteiger partial charge on any atom is 0.0595 e. The van der Waals surface area contributed by atoms with Crippen LogP contribution in [0.25, 0.3) is 0 Å². The lowest BCUT2D eigenvalue weighted by molar-refractivity contribution is 0.552. The van der Waals surface area contributed by atoms with E-state index in [4.69, 9.17) is 29.0 Å². The third-order valence-electron chi connectivity index (χ3n) is 2.90. The lowest BCUT2D eigenvalue weighted by Gasteiger charge is -2.17. The van der Waals surface area contributed by atoms with Crippen molar-refractivity contribution >= 4 is 45.8 Å². The number of hydrogen-bond donors (Lipinski definition) is 2. The van der Waals surface area contributed by atoms with Gasteiger partial charge in [0.15, 0.2) is 0 Å². The minimum Gasteiger partial charge on any atom is -0.271 e. The monoisotopic (exact) mass is 406 g/mol. The van der Waals surface area contributed by atoms with Gasteiger partial charge in [-0.05, 0) is 64.4 Å². The zero-order valence-corrected chi connectivity index (χ0v) is 13.7. The molecule has 0 bridgehead atoms. The van der Waals surface area contributed by atoms with Gasteiger partial charge in [-0.15, -0.1) is 0 Å². The van der Waals surface area contributed by atoms with E-state index in [2.05, 4.69) is 52.3 Å². The molecule has 0 aliphatic rings. The Hall–Kier alpha value is -0.330. The van der Waals surface area contributed by atoms with Gasteiger partial charge >= 0.3 is 0 Å². The molecule has 2 nitrogen and oxygen atoms in total. The lowest BCUT2D eigenvalue weighted by Crippen LogP contribution is -2.29. The highest BCUT2D eigenvalue weighted by Crippen LogP contribution is 2.27. The summed E-state index contributed by atoms with van der Waals surface area (Å²) in [6, 6.07) is 13.9. The van der Waals surface area contributed by atoms with E-state index in [9.17, 15) is 0 Å². The highest BCUT2D eigenvalue weighted by molar-refractivity contribution is 14.1. The maximum atomic E-state index is 6.04. The van der Waals surface area contributed by atoms with Gasteiger partial charge in [0.2, 0.25) is 0 Å². The number of benzene rings is 2. The van der Waals surface area contributed by atoms with Crippen LogP contribution in [0.1, 0.15) is 17.2 Å². The van der Waals surface area contributed by atoms with Crippen LogP contribution < -0.4 is 11.3 Å². The van der Waals surface area contributed by atoms with Gasteiger partial charge in [-0.2, -0.15) is 0 Å². The fraction of sp³-hybridized carbons (Fsp3) is 0.143. The topological polar surface area (TPSA) is 38.0 Å². The molecule has 0 saturated heterocycles. The SMILES string of the molecule is NNC(Cc1ccc(I)cc1)c1ccc(Cl)c(Cl)c1. The third-order valence-corrected chi connectivity index (χ3v) is 4.36. The van der Waals surface area contributed by atoms with Gasteiger partial charge < -0.3 is 0 Å². The van der Waals surface area contributed by atoms with Crippen molar-refractivity contribution in [2.45, 2.75) is 12.5 Å². The predicted octanol–water partition coefficient (Wildman–Crippen LogP) is 4.35. The zero-order valence-electron chi connectivity index (χ0n) is 10.0. The lowest BCUT2D eigenvalue weighted by atomic mass is 9.99. The Morgan fingerprint density at radius 2 is 1.74 bits per heavy atom. The molecule has 19 heavy (non-hydrogen) atoms. The number of hydrazine groups is 1. The Morgan fingerprint density at radius 1 is 1.05 bits per heavy atom. The van der Waals surface area contributed by atoms with Crippen molar-refractivity contribution in [2.75, 3.05) is 0 Å². The van der Waals surface area contributed by atoms with Crippen LogP contribution in [-0.2, 0) is 6.42 Å². The molecule has 3 N–H and O–H groups in total. The molecule has 2 aromatic rings. The van der Waals surface area contributed by atoms with Crippen LogP contribution >= 0.6 is 45.8 Å². The van der Waals surface area contributed by atoms with Crippen molar-refractivity contribution in [3.05, 3.63) is 67.2 Å². The minimum atomic E-state index is 0.00910. The summed E-state index contributed by atoms with van der Waals surface area (Å²) in [7, 11) is 0. The molecule has 0 radical (unpaired) electrons. The van der Waals surface area contributed by atoms with Crippen molar-refractivity contribution in [2.24, 2.45) is 5.84 Å². The molecule has 2 rings (SSSR count). The van der Waals surface area contributed by atoms with E-state index >= 15 is 0 Å². The van der Waals surface area contributed by atoms with Crippen LogP contribution in [0.4, 0.5) is 0 Å². The third kappa shape index (κ3) is 4.07. The average molecular weight is 407 g/mol. The van der Waals surface area contributed by atoms with E-state index < -0.39 is 0 Å². The molecule has 0 amide bonds. The summed E-state index contributed by atoms with van der Waals surface area (Å²) in [6.45, 7) is 0. The first-order chi connectivity index (χ1) is 9.10. The molecule has 1 unspecified atom stereocenters. The van der Waals surface area contributed by atoms with Crippen molar-refractivity contribution in [3.63, 3.8) is 0 Å². The Morgan fingerprint density at radius 3 is 2.32 bits per heavy atom. The molecule has 1 atom stereocenters. The second-order valence-electron chi connectivity index (χ2n) is 4.22. The highest BCUT2D eigenvalue weighted by atomic mass is 127. The number of halogens is 3. The van der Waals surface area contributed by atoms with Crippen LogP contribution in [-0.4, -0.2) is 0 Å². The van der Waals surface area contributed by atoms with Gasteiger partial charge in [0.05, 0.1) is 16.1 Å². The fourth-order valence-corrected chi connectivity index (χ4v) is 2.52. The largest absolute Gasteiger partial charge is 0.271 e. The number of nitrogens with one attached hydrogen (secondary N) is 1. The van der Waals surface area contributed by atoms with Crippen molar-refractivity contribution in [3.8, 4) is 0 Å². The van der Waals surface area contributed by atoms with Crippen LogP contribution in [0.3, 0.4) is 0 Å². The minimum absolute atomic E-state index is 0.00910. The van der Waals surface area contributed by atoms with Crippen molar-refractivity contribution < 1.29 is 0 Å². The van der Waals surface area contributed by atoms with E-state index in [1.165, 1.54) is 9.13 Å². The van der Waals surface area contributed by atoms with Crippen LogP contribution in [0, 0.1) is 3.57 Å². The zero-order chi connectivity index (χ0) is 13.8. The van der Waals surface area contributed by atoms with Gasteiger partial charge in [-0.1, -0.05) is 41.4 Å². The van der Waals surface area contributed by atoms with E-state index in [-0.39, 0.29) is 6.04 Å². The van der Waals surface area contributed by atoms with E-state index in [0.717, 1.165) is 12.0 Å². The van der Waals surface area contributed by atoms with Crippen LogP contribution in [0.5, 0.6) is 0 Å².